The van der Waals surface area contributed by atoms with Crippen LogP contribution >= 0.6 is 11.6 Å². The average molecular weight is 294 g/mol. The van der Waals surface area contributed by atoms with E-state index in [4.69, 9.17) is 18.2 Å². The fourth-order valence-corrected chi connectivity index (χ4v) is 2.59. The monoisotopic (exact) mass is 293 g/mol. The molecule has 1 saturated carbocycles. The number of alkyl halides is 1. The van der Waals surface area contributed by atoms with Crippen molar-refractivity contribution in [3.8, 4) is 11.3 Å². The molecule has 1 heterocycles. The zero-order valence-corrected chi connectivity index (χ0v) is 11.3. The third-order valence-electron chi connectivity index (χ3n) is 3.52. The van der Waals surface area contributed by atoms with Crippen molar-refractivity contribution in [2.45, 2.75) is 18.5 Å². The van der Waals surface area contributed by atoms with E-state index < -0.39 is 12.0 Å². The molecule has 2 atom stereocenters. The van der Waals surface area contributed by atoms with Crippen molar-refractivity contribution in [1.29, 1.82) is 0 Å². The molecule has 2 unspecified atom stereocenters. The van der Waals surface area contributed by atoms with Crippen LogP contribution in [0.2, 0.25) is 5.02 Å². The van der Waals surface area contributed by atoms with Crippen LogP contribution in [0, 0.1) is 12.4 Å². The van der Waals surface area contributed by atoms with E-state index in [-0.39, 0.29) is 22.2 Å². The number of aryl methyl sites for hydroxylation is 1. The van der Waals surface area contributed by atoms with Crippen molar-refractivity contribution in [3.05, 3.63) is 46.2 Å². The summed E-state index contributed by atoms with van der Waals surface area (Å²) in [5.41, 5.74) is 1.16. The second-order valence-electron chi connectivity index (χ2n) is 4.80. The third kappa shape index (κ3) is 1.88. The van der Waals surface area contributed by atoms with Gasteiger partial charge in [0, 0.05) is 24.7 Å². The Morgan fingerprint density at radius 2 is 2.25 bits per heavy atom. The second kappa shape index (κ2) is 4.57. The van der Waals surface area contributed by atoms with E-state index in [1.54, 1.807) is 13.1 Å². The topological polar surface area (TPSA) is 22.2 Å². The van der Waals surface area contributed by atoms with Crippen LogP contribution in [-0.4, -0.2) is 16.0 Å². The lowest BCUT2D eigenvalue weighted by Gasteiger charge is -2.12. The molecule has 3 rings (SSSR count). The molecule has 1 aliphatic rings. The van der Waals surface area contributed by atoms with Crippen LogP contribution in [0.4, 0.5) is 14.5 Å². The summed E-state index contributed by atoms with van der Waals surface area (Å²) in [5, 5.41) is 3.88. The number of halogens is 3. The largest absolute Gasteiger partial charge is 0.269 e. The van der Waals surface area contributed by atoms with Gasteiger partial charge in [-0.25, -0.2) is 13.6 Å². The maximum Gasteiger partial charge on any atom is 0.202 e. The summed E-state index contributed by atoms with van der Waals surface area (Å²) in [6, 6.07) is 2.97. The first-order valence-electron chi connectivity index (χ1n) is 6.06. The van der Waals surface area contributed by atoms with Gasteiger partial charge in [-0.2, -0.15) is 5.10 Å². The Balaban J connectivity index is 2.30. The number of hydrogen-bond donors (Lipinski definition) is 0. The standard InChI is InChI=1S/C14H10ClF2N3/c1-18-14-8(7-6-10(7)16)5-9(15)13(17)12(14)11-3-4-19-20(11)2/h3-5,7,10H,6H2,2H3. The van der Waals surface area contributed by atoms with Crippen molar-refractivity contribution in [1.82, 2.24) is 9.78 Å². The summed E-state index contributed by atoms with van der Waals surface area (Å²) >= 11 is 5.91. The first-order chi connectivity index (χ1) is 9.54. The fourth-order valence-electron chi connectivity index (χ4n) is 2.38. The number of benzene rings is 1. The van der Waals surface area contributed by atoms with E-state index in [1.165, 1.54) is 16.9 Å². The van der Waals surface area contributed by atoms with Gasteiger partial charge in [0.1, 0.15) is 12.0 Å². The Hall–Kier alpha value is -1.93. The predicted molar refractivity (Wildman–Crippen MR) is 72.1 cm³/mol. The number of rotatable bonds is 2. The Morgan fingerprint density at radius 1 is 1.55 bits per heavy atom. The van der Waals surface area contributed by atoms with Gasteiger partial charge in [0.05, 0.1) is 17.3 Å². The molecule has 1 aromatic heterocycles. The SMILES string of the molecule is [C-]#[N+]c1c(C2CC2F)cc(Cl)c(F)c1-c1ccnn1C. The second-order valence-corrected chi connectivity index (χ2v) is 5.20. The van der Waals surface area contributed by atoms with E-state index in [9.17, 15) is 8.78 Å². The van der Waals surface area contributed by atoms with Crippen molar-refractivity contribution >= 4 is 17.3 Å². The van der Waals surface area contributed by atoms with Gasteiger partial charge in [-0.15, -0.1) is 0 Å². The maximum absolute atomic E-state index is 14.3. The summed E-state index contributed by atoms with van der Waals surface area (Å²) < 4.78 is 29.1. The van der Waals surface area contributed by atoms with Gasteiger partial charge in [-0.05, 0) is 24.1 Å². The fraction of sp³-hybridized carbons (Fsp3) is 0.286. The summed E-state index contributed by atoms with van der Waals surface area (Å²) in [5.74, 6) is -1.02. The molecule has 0 N–H and O–H groups in total. The van der Waals surface area contributed by atoms with E-state index in [0.29, 0.717) is 17.7 Å². The quantitative estimate of drug-likeness (QED) is 0.759. The van der Waals surface area contributed by atoms with Crippen molar-refractivity contribution in [2.75, 3.05) is 0 Å². The minimum atomic E-state index is -0.976. The van der Waals surface area contributed by atoms with Crippen LogP contribution in [-0.2, 0) is 7.05 Å². The van der Waals surface area contributed by atoms with E-state index in [0.717, 1.165) is 0 Å². The molecule has 0 aliphatic heterocycles. The van der Waals surface area contributed by atoms with Gasteiger partial charge in [0.15, 0.2) is 0 Å². The summed E-state index contributed by atoms with van der Waals surface area (Å²) in [4.78, 5) is 3.41. The molecule has 1 aromatic carbocycles. The Bertz CT molecular complexity index is 733. The van der Waals surface area contributed by atoms with E-state index in [1.807, 2.05) is 0 Å². The molecule has 1 fully saturated rings. The molecule has 0 radical (unpaired) electrons. The highest BCUT2D eigenvalue weighted by Gasteiger charge is 2.41. The summed E-state index contributed by atoms with van der Waals surface area (Å²) in [6.07, 6.45) is 0.893. The van der Waals surface area contributed by atoms with Gasteiger partial charge in [-0.3, -0.25) is 4.68 Å². The predicted octanol–water partition coefficient (Wildman–Crippen LogP) is 4.26. The number of hydrogen-bond acceptors (Lipinski definition) is 1. The van der Waals surface area contributed by atoms with Crippen LogP contribution < -0.4 is 0 Å². The molecule has 0 bridgehead atoms. The lowest BCUT2D eigenvalue weighted by molar-refractivity contribution is 0.468. The van der Waals surface area contributed by atoms with E-state index in [2.05, 4.69) is 9.94 Å². The van der Waals surface area contributed by atoms with Crippen LogP contribution in [0.1, 0.15) is 17.9 Å². The molecule has 3 nitrogen and oxygen atoms in total. The Morgan fingerprint density at radius 3 is 2.75 bits per heavy atom. The van der Waals surface area contributed by atoms with Gasteiger partial charge >= 0.3 is 0 Å². The average Bonchev–Trinajstić information content (AvgIpc) is 2.99. The maximum atomic E-state index is 14.3. The lowest BCUT2D eigenvalue weighted by atomic mass is 10.0. The van der Waals surface area contributed by atoms with Crippen LogP contribution in [0.3, 0.4) is 0 Å². The smallest absolute Gasteiger partial charge is 0.202 e. The molecule has 0 saturated heterocycles. The summed E-state index contributed by atoms with van der Waals surface area (Å²) in [6.45, 7) is 7.32. The molecular weight excluding hydrogens is 284 g/mol. The Kier molecular flexibility index (Phi) is 2.98. The normalized spacial score (nSPS) is 20.8. The van der Waals surface area contributed by atoms with Gasteiger partial charge < -0.3 is 0 Å². The highest BCUT2D eigenvalue weighted by atomic mass is 35.5. The van der Waals surface area contributed by atoms with Crippen LogP contribution in [0.15, 0.2) is 18.3 Å². The molecule has 102 valence electrons. The molecule has 1 aliphatic carbocycles. The van der Waals surface area contributed by atoms with Crippen molar-refractivity contribution in [3.63, 3.8) is 0 Å². The highest BCUT2D eigenvalue weighted by Crippen LogP contribution is 2.51. The molecule has 0 spiro atoms. The minimum Gasteiger partial charge on any atom is -0.269 e. The zero-order chi connectivity index (χ0) is 14.4. The molecule has 2 aromatic rings. The minimum absolute atomic E-state index is 0.0947. The van der Waals surface area contributed by atoms with Gasteiger partial charge in [0.2, 0.25) is 5.69 Å². The lowest BCUT2D eigenvalue weighted by Crippen LogP contribution is -1.98. The first-order valence-corrected chi connectivity index (χ1v) is 6.44. The molecule has 6 heteroatoms. The van der Waals surface area contributed by atoms with Crippen molar-refractivity contribution < 1.29 is 8.78 Å². The van der Waals surface area contributed by atoms with Crippen LogP contribution in [0.25, 0.3) is 16.1 Å². The highest BCUT2D eigenvalue weighted by molar-refractivity contribution is 6.31. The first kappa shape index (κ1) is 13.1. The van der Waals surface area contributed by atoms with Gasteiger partial charge in [0.25, 0.3) is 0 Å². The molecule has 0 amide bonds. The van der Waals surface area contributed by atoms with Gasteiger partial charge in [-0.1, -0.05) is 11.6 Å². The zero-order valence-electron chi connectivity index (χ0n) is 10.6. The Labute approximate surface area is 119 Å². The van der Waals surface area contributed by atoms with Crippen molar-refractivity contribution in [2.24, 2.45) is 7.05 Å². The molecular formula is C14H10ClF2N3. The van der Waals surface area contributed by atoms with Crippen LogP contribution in [0.5, 0.6) is 0 Å². The number of nitrogens with zero attached hydrogens (tertiary/aromatic N) is 3. The number of aromatic nitrogens is 2. The third-order valence-corrected chi connectivity index (χ3v) is 3.80. The van der Waals surface area contributed by atoms with E-state index >= 15 is 0 Å². The molecule has 20 heavy (non-hydrogen) atoms. The summed E-state index contributed by atoms with van der Waals surface area (Å²) in [7, 11) is 1.65.